The van der Waals surface area contributed by atoms with E-state index in [1.807, 2.05) is 0 Å². The number of sulfonamides is 1. The number of hydrogen-bond donors (Lipinski definition) is 0. The zero-order valence-electron chi connectivity index (χ0n) is 19.2. The molecule has 182 valence electrons. The molecule has 3 aliphatic rings. The lowest BCUT2D eigenvalue weighted by molar-refractivity contribution is -0.142. The highest BCUT2D eigenvalue weighted by Gasteiger charge is 2.33. The van der Waals surface area contributed by atoms with E-state index in [2.05, 4.69) is 0 Å². The zero-order chi connectivity index (χ0) is 23.4. The highest BCUT2D eigenvalue weighted by atomic mass is 32.2. The number of hydrogen-bond acceptors (Lipinski definition) is 6. The first-order valence-corrected chi connectivity index (χ1v) is 13.2. The molecule has 3 heterocycles. The predicted molar refractivity (Wildman–Crippen MR) is 122 cm³/mol. The molecule has 33 heavy (non-hydrogen) atoms. The molecular formula is C23H33N3O6S. The van der Waals surface area contributed by atoms with Crippen molar-refractivity contribution in [2.45, 2.75) is 49.5 Å². The summed E-state index contributed by atoms with van der Waals surface area (Å²) in [5, 5.41) is 0. The number of rotatable bonds is 5. The van der Waals surface area contributed by atoms with E-state index in [1.54, 1.807) is 15.9 Å². The Hall–Kier alpha value is -2.17. The molecule has 4 rings (SSSR count). The molecule has 1 unspecified atom stereocenters. The first-order chi connectivity index (χ1) is 15.9. The standard InChI is InChI=1S/C23H33N3O6S/c1-31-20-9-8-18(33(29,30)26-10-4-2-3-5-11-26)17-19(20)22(27)24-12-14-25(15-13-24)23(28)21-7-6-16-32-21/h8-9,17,21H,2-7,10-16H2,1H3. The van der Waals surface area contributed by atoms with Gasteiger partial charge in [-0.15, -0.1) is 0 Å². The lowest BCUT2D eigenvalue weighted by Crippen LogP contribution is -2.52. The minimum Gasteiger partial charge on any atom is -0.496 e. The van der Waals surface area contributed by atoms with E-state index < -0.39 is 10.0 Å². The second kappa shape index (κ2) is 10.4. The summed E-state index contributed by atoms with van der Waals surface area (Å²) in [5.74, 6) is 0.0411. The molecule has 3 aliphatic heterocycles. The van der Waals surface area contributed by atoms with Crippen molar-refractivity contribution in [2.24, 2.45) is 0 Å². The van der Waals surface area contributed by atoms with Crippen molar-refractivity contribution in [1.29, 1.82) is 0 Å². The summed E-state index contributed by atoms with van der Waals surface area (Å²) in [7, 11) is -2.22. The van der Waals surface area contributed by atoms with Crippen molar-refractivity contribution in [3.05, 3.63) is 23.8 Å². The molecule has 0 bridgehead atoms. The van der Waals surface area contributed by atoms with Crippen LogP contribution >= 0.6 is 0 Å². The first kappa shape index (κ1) is 24.0. The Morgan fingerprint density at radius 1 is 0.939 bits per heavy atom. The van der Waals surface area contributed by atoms with Crippen LogP contribution in [0.5, 0.6) is 5.75 Å². The van der Waals surface area contributed by atoms with E-state index in [9.17, 15) is 18.0 Å². The average molecular weight is 480 g/mol. The second-order valence-electron chi connectivity index (χ2n) is 8.80. The first-order valence-electron chi connectivity index (χ1n) is 11.8. The normalized spacial score (nSPS) is 22.8. The molecule has 10 heteroatoms. The topological polar surface area (TPSA) is 96.5 Å². The summed E-state index contributed by atoms with van der Waals surface area (Å²) in [6.07, 6.45) is 5.01. The summed E-state index contributed by atoms with van der Waals surface area (Å²) in [6, 6.07) is 4.49. The van der Waals surface area contributed by atoms with Crippen molar-refractivity contribution < 1.29 is 27.5 Å². The molecule has 9 nitrogen and oxygen atoms in total. The number of benzene rings is 1. The summed E-state index contributed by atoms with van der Waals surface area (Å²) in [4.78, 5) is 29.4. The summed E-state index contributed by atoms with van der Waals surface area (Å²) >= 11 is 0. The van der Waals surface area contributed by atoms with Crippen molar-refractivity contribution in [3.8, 4) is 5.75 Å². The van der Waals surface area contributed by atoms with Gasteiger partial charge in [-0.25, -0.2) is 8.42 Å². The number of amides is 2. The van der Waals surface area contributed by atoms with Crippen LogP contribution in [0.3, 0.4) is 0 Å². The molecule has 0 N–H and O–H groups in total. The number of carbonyl (C=O) groups excluding carboxylic acids is 2. The molecule has 0 spiro atoms. The molecular weight excluding hydrogens is 446 g/mol. The smallest absolute Gasteiger partial charge is 0.257 e. The van der Waals surface area contributed by atoms with Crippen LogP contribution in [-0.2, 0) is 19.6 Å². The van der Waals surface area contributed by atoms with Crippen LogP contribution in [0.4, 0.5) is 0 Å². The Morgan fingerprint density at radius 3 is 2.21 bits per heavy atom. The Balaban J connectivity index is 1.48. The van der Waals surface area contributed by atoms with Crippen molar-refractivity contribution in [1.82, 2.24) is 14.1 Å². The third kappa shape index (κ3) is 5.17. The van der Waals surface area contributed by atoms with Crippen molar-refractivity contribution in [3.63, 3.8) is 0 Å². The fraction of sp³-hybridized carbons (Fsp3) is 0.652. The Labute approximate surface area is 195 Å². The van der Waals surface area contributed by atoms with Gasteiger partial charge in [-0.2, -0.15) is 4.31 Å². The minimum absolute atomic E-state index is 0.0114. The van der Waals surface area contributed by atoms with Gasteiger partial charge in [0.25, 0.3) is 11.8 Å². The largest absolute Gasteiger partial charge is 0.496 e. The Kier molecular flexibility index (Phi) is 7.55. The molecule has 2 amide bonds. The maximum atomic E-state index is 13.3. The SMILES string of the molecule is COc1ccc(S(=O)(=O)N2CCCCCC2)cc1C(=O)N1CCN(C(=O)C2CCCO2)CC1. The van der Waals surface area contributed by atoms with Gasteiger partial charge in [0.05, 0.1) is 17.6 Å². The highest BCUT2D eigenvalue weighted by Crippen LogP contribution is 2.28. The fourth-order valence-electron chi connectivity index (χ4n) is 4.72. The van der Waals surface area contributed by atoms with Gasteiger partial charge < -0.3 is 19.3 Å². The predicted octanol–water partition coefficient (Wildman–Crippen LogP) is 1.72. The Morgan fingerprint density at radius 2 is 1.61 bits per heavy atom. The molecule has 1 aromatic rings. The molecule has 0 saturated carbocycles. The van der Waals surface area contributed by atoms with E-state index in [-0.39, 0.29) is 28.4 Å². The van der Waals surface area contributed by atoms with E-state index in [1.165, 1.54) is 23.5 Å². The summed E-state index contributed by atoms with van der Waals surface area (Å²) in [6.45, 7) is 3.23. The number of ether oxygens (including phenoxy) is 2. The minimum atomic E-state index is -3.69. The van der Waals surface area contributed by atoms with Gasteiger partial charge in [0.1, 0.15) is 11.9 Å². The van der Waals surface area contributed by atoms with Crippen molar-refractivity contribution in [2.75, 3.05) is 53.0 Å². The van der Waals surface area contributed by atoms with Crippen LogP contribution in [0.15, 0.2) is 23.1 Å². The lowest BCUT2D eigenvalue weighted by Gasteiger charge is -2.36. The van der Waals surface area contributed by atoms with E-state index >= 15 is 0 Å². The van der Waals surface area contributed by atoms with Gasteiger partial charge in [-0.05, 0) is 43.9 Å². The maximum Gasteiger partial charge on any atom is 0.257 e. The number of methoxy groups -OCH3 is 1. The van der Waals surface area contributed by atoms with E-state index in [0.717, 1.165) is 38.5 Å². The van der Waals surface area contributed by atoms with Crippen LogP contribution in [0.25, 0.3) is 0 Å². The molecule has 3 saturated heterocycles. The number of nitrogens with zero attached hydrogens (tertiary/aromatic N) is 3. The van der Waals surface area contributed by atoms with Gasteiger partial charge in [0, 0.05) is 45.9 Å². The van der Waals surface area contributed by atoms with Crippen LogP contribution in [0.1, 0.15) is 48.9 Å². The van der Waals surface area contributed by atoms with E-state index in [0.29, 0.717) is 51.6 Å². The molecule has 0 radical (unpaired) electrons. The lowest BCUT2D eigenvalue weighted by atomic mass is 10.1. The molecule has 3 fully saturated rings. The summed E-state index contributed by atoms with van der Waals surface area (Å²) < 4.78 is 38.9. The summed E-state index contributed by atoms with van der Waals surface area (Å²) in [5.41, 5.74) is 0.229. The zero-order valence-corrected chi connectivity index (χ0v) is 20.0. The van der Waals surface area contributed by atoms with Crippen LogP contribution in [0, 0.1) is 0 Å². The van der Waals surface area contributed by atoms with Gasteiger partial charge >= 0.3 is 0 Å². The van der Waals surface area contributed by atoms with Gasteiger partial charge in [-0.1, -0.05) is 12.8 Å². The van der Waals surface area contributed by atoms with Crippen LogP contribution in [-0.4, -0.2) is 93.4 Å². The third-order valence-corrected chi connectivity index (χ3v) is 8.58. The highest BCUT2D eigenvalue weighted by molar-refractivity contribution is 7.89. The van der Waals surface area contributed by atoms with Gasteiger partial charge in [0.15, 0.2) is 0 Å². The quantitative estimate of drug-likeness (QED) is 0.638. The second-order valence-corrected chi connectivity index (χ2v) is 10.7. The Bertz CT molecular complexity index is 960. The molecule has 1 aromatic carbocycles. The number of piperazine rings is 1. The maximum absolute atomic E-state index is 13.3. The van der Waals surface area contributed by atoms with Crippen LogP contribution < -0.4 is 4.74 Å². The van der Waals surface area contributed by atoms with Crippen molar-refractivity contribution >= 4 is 21.8 Å². The monoisotopic (exact) mass is 479 g/mol. The van der Waals surface area contributed by atoms with Gasteiger partial charge in [-0.3, -0.25) is 9.59 Å². The molecule has 0 aromatic heterocycles. The third-order valence-electron chi connectivity index (χ3n) is 6.69. The molecule has 1 atom stereocenters. The van der Waals surface area contributed by atoms with Gasteiger partial charge in [0.2, 0.25) is 10.0 Å². The van der Waals surface area contributed by atoms with E-state index in [4.69, 9.17) is 9.47 Å². The molecule has 0 aliphatic carbocycles. The number of carbonyl (C=O) groups is 2. The fourth-order valence-corrected chi connectivity index (χ4v) is 6.27. The average Bonchev–Trinajstić information content (AvgIpc) is 3.24. The van der Waals surface area contributed by atoms with Crippen LogP contribution in [0.2, 0.25) is 0 Å².